The summed E-state index contributed by atoms with van der Waals surface area (Å²) in [6, 6.07) is 0. The van der Waals surface area contributed by atoms with Crippen LogP contribution in [0.1, 0.15) is 206 Å². The summed E-state index contributed by atoms with van der Waals surface area (Å²) in [6.45, 7) is 5.28. The van der Waals surface area contributed by atoms with Gasteiger partial charge in [-0.15, -0.1) is 0 Å². The molecule has 0 fully saturated rings. The zero-order valence-electron chi connectivity index (χ0n) is 26.8. The summed E-state index contributed by atoms with van der Waals surface area (Å²) in [7, 11) is 0. The highest BCUT2D eigenvalue weighted by Crippen LogP contribution is 2.15. The number of carbonyl (C=O) groups excluding carboxylic acids is 2. The predicted molar refractivity (Wildman–Crippen MR) is 170 cm³/mol. The Morgan fingerprint density at radius 3 is 1.21 bits per heavy atom. The Labute approximate surface area is 245 Å². The van der Waals surface area contributed by atoms with Crippen molar-refractivity contribution in [2.45, 2.75) is 206 Å². The van der Waals surface area contributed by atoms with E-state index in [0.717, 1.165) is 44.3 Å². The van der Waals surface area contributed by atoms with Crippen LogP contribution in [0.5, 0.6) is 0 Å². The van der Waals surface area contributed by atoms with Gasteiger partial charge in [0.25, 0.3) is 0 Å². The quantitative estimate of drug-likeness (QED) is 0.0463. The van der Waals surface area contributed by atoms with Crippen LogP contribution in [-0.4, -0.2) is 18.9 Å². The van der Waals surface area contributed by atoms with E-state index in [2.05, 4.69) is 13.8 Å². The summed E-state index contributed by atoms with van der Waals surface area (Å²) in [6.07, 6.45) is 39.2. The number of esters is 1. The molecule has 0 aromatic carbocycles. The number of carbonyl (C=O) groups is 2. The number of unbranched alkanes of at least 4 members (excludes halogenated alkanes) is 26. The van der Waals surface area contributed by atoms with Gasteiger partial charge in [-0.3, -0.25) is 4.79 Å². The Balaban J connectivity index is 3.15. The maximum absolute atomic E-state index is 11.9. The van der Waals surface area contributed by atoms with Crippen molar-refractivity contribution in [3.8, 4) is 0 Å². The summed E-state index contributed by atoms with van der Waals surface area (Å²) in [5, 5.41) is 0. The Bertz CT molecular complexity index is 488. The zero-order chi connectivity index (χ0) is 28.5. The Morgan fingerprint density at radius 1 is 0.487 bits per heavy atom. The third kappa shape index (κ3) is 35.1. The molecule has 0 aliphatic rings. The summed E-state index contributed by atoms with van der Waals surface area (Å²) >= 11 is 0. The molecule has 0 heterocycles. The minimum Gasteiger partial charge on any atom is -0.466 e. The van der Waals surface area contributed by atoms with Crippen molar-refractivity contribution < 1.29 is 14.3 Å². The zero-order valence-corrected chi connectivity index (χ0v) is 26.8. The van der Waals surface area contributed by atoms with Gasteiger partial charge in [0.15, 0.2) is 0 Å². The Morgan fingerprint density at radius 2 is 0.821 bits per heavy atom. The monoisotopic (exact) mass is 551 g/mol. The number of hydrogen-bond donors (Lipinski definition) is 0. The molecule has 0 rings (SSSR count). The molecule has 0 aliphatic heterocycles. The van der Waals surface area contributed by atoms with E-state index in [9.17, 15) is 9.59 Å². The number of ether oxygens (including phenoxy) is 1. The first kappa shape index (κ1) is 38.1. The first-order valence-corrected chi connectivity index (χ1v) is 17.8. The molecule has 232 valence electrons. The van der Waals surface area contributed by atoms with Gasteiger partial charge in [-0.25, -0.2) is 0 Å². The van der Waals surface area contributed by atoms with Crippen molar-refractivity contribution in [3.63, 3.8) is 0 Å². The van der Waals surface area contributed by atoms with E-state index >= 15 is 0 Å². The van der Waals surface area contributed by atoms with Crippen molar-refractivity contribution in [3.05, 3.63) is 0 Å². The highest BCUT2D eigenvalue weighted by molar-refractivity contribution is 5.69. The van der Waals surface area contributed by atoms with Gasteiger partial charge < -0.3 is 9.53 Å². The van der Waals surface area contributed by atoms with Crippen LogP contribution >= 0.6 is 0 Å². The number of rotatable bonds is 33. The normalized spacial score (nSPS) is 11.4. The third-order valence-electron chi connectivity index (χ3n) is 8.14. The molecule has 0 saturated carbocycles. The lowest BCUT2D eigenvalue weighted by Gasteiger charge is -2.06. The highest BCUT2D eigenvalue weighted by Gasteiger charge is 2.03. The van der Waals surface area contributed by atoms with Crippen LogP contribution in [0.4, 0.5) is 0 Å². The summed E-state index contributed by atoms with van der Waals surface area (Å²) in [4.78, 5) is 22.2. The molecule has 0 aromatic rings. The van der Waals surface area contributed by atoms with E-state index in [-0.39, 0.29) is 5.97 Å². The molecule has 3 heteroatoms. The highest BCUT2D eigenvalue weighted by atomic mass is 16.5. The van der Waals surface area contributed by atoms with Crippen LogP contribution in [0.25, 0.3) is 0 Å². The first-order chi connectivity index (χ1) is 19.2. The average Bonchev–Trinajstić information content (AvgIpc) is 2.92. The van der Waals surface area contributed by atoms with E-state index in [1.54, 1.807) is 0 Å². The van der Waals surface area contributed by atoms with Crippen LogP contribution in [-0.2, 0) is 14.3 Å². The molecule has 0 N–H and O–H groups in total. The molecule has 0 aromatic heterocycles. The second-order valence-electron chi connectivity index (χ2n) is 12.7. The lowest BCUT2D eigenvalue weighted by Crippen LogP contribution is -2.05. The van der Waals surface area contributed by atoms with Gasteiger partial charge in [-0.1, -0.05) is 174 Å². The molecule has 39 heavy (non-hydrogen) atoms. The summed E-state index contributed by atoms with van der Waals surface area (Å²) < 4.78 is 5.43. The molecule has 0 unspecified atom stereocenters. The topological polar surface area (TPSA) is 43.4 Å². The van der Waals surface area contributed by atoms with E-state index in [1.165, 1.54) is 154 Å². The molecule has 0 spiro atoms. The van der Waals surface area contributed by atoms with Gasteiger partial charge in [-0.2, -0.15) is 0 Å². The van der Waals surface area contributed by atoms with E-state index in [1.807, 2.05) is 0 Å². The van der Waals surface area contributed by atoms with E-state index < -0.39 is 0 Å². The van der Waals surface area contributed by atoms with Gasteiger partial charge in [0.05, 0.1) is 6.61 Å². The lowest BCUT2D eigenvalue weighted by atomic mass is 10.0. The van der Waals surface area contributed by atoms with Gasteiger partial charge in [0.1, 0.15) is 6.29 Å². The Kier molecular flexibility index (Phi) is 32.6. The minimum absolute atomic E-state index is 0.0126. The summed E-state index contributed by atoms with van der Waals surface area (Å²) in [5.74, 6) is 0.882. The molecule has 3 nitrogen and oxygen atoms in total. The molecule has 0 saturated heterocycles. The molecule has 0 amide bonds. The SMILES string of the molecule is CC(C)CCCCCCCCCCCCCCCOC(=O)CCCCCCCCCCCCCCCCC=O. The van der Waals surface area contributed by atoms with E-state index in [4.69, 9.17) is 4.74 Å². The lowest BCUT2D eigenvalue weighted by molar-refractivity contribution is -0.143. The second-order valence-corrected chi connectivity index (χ2v) is 12.7. The van der Waals surface area contributed by atoms with Gasteiger partial charge >= 0.3 is 5.97 Å². The average molecular weight is 551 g/mol. The van der Waals surface area contributed by atoms with Crippen molar-refractivity contribution in [2.75, 3.05) is 6.61 Å². The molecule has 0 radical (unpaired) electrons. The third-order valence-corrected chi connectivity index (χ3v) is 8.14. The second kappa shape index (κ2) is 33.3. The smallest absolute Gasteiger partial charge is 0.305 e. The molecular formula is C36H70O3. The molecule has 0 bridgehead atoms. The van der Waals surface area contributed by atoms with Gasteiger partial charge in [-0.05, 0) is 25.2 Å². The van der Waals surface area contributed by atoms with E-state index in [0.29, 0.717) is 13.0 Å². The van der Waals surface area contributed by atoms with Crippen molar-refractivity contribution in [2.24, 2.45) is 5.92 Å². The van der Waals surface area contributed by atoms with Gasteiger partial charge in [0, 0.05) is 12.8 Å². The first-order valence-electron chi connectivity index (χ1n) is 17.8. The van der Waals surface area contributed by atoms with Crippen LogP contribution < -0.4 is 0 Å². The number of aldehydes is 1. The molecule has 0 aliphatic carbocycles. The largest absolute Gasteiger partial charge is 0.466 e. The molecule has 0 atom stereocenters. The van der Waals surface area contributed by atoms with Gasteiger partial charge in [0.2, 0.25) is 0 Å². The number of hydrogen-bond acceptors (Lipinski definition) is 3. The summed E-state index contributed by atoms with van der Waals surface area (Å²) in [5.41, 5.74) is 0. The predicted octanol–water partition coefficient (Wildman–Crippen LogP) is 12.1. The van der Waals surface area contributed by atoms with Crippen LogP contribution in [0.15, 0.2) is 0 Å². The minimum atomic E-state index is 0.0126. The van der Waals surface area contributed by atoms with Crippen molar-refractivity contribution >= 4 is 12.3 Å². The van der Waals surface area contributed by atoms with Crippen LogP contribution in [0.3, 0.4) is 0 Å². The van der Waals surface area contributed by atoms with Crippen LogP contribution in [0.2, 0.25) is 0 Å². The van der Waals surface area contributed by atoms with Crippen LogP contribution in [0, 0.1) is 5.92 Å². The van der Waals surface area contributed by atoms with Crippen molar-refractivity contribution in [1.82, 2.24) is 0 Å². The fourth-order valence-electron chi connectivity index (χ4n) is 5.48. The maximum atomic E-state index is 11.9. The fourth-order valence-corrected chi connectivity index (χ4v) is 5.48. The Hall–Kier alpha value is -0.860. The molecular weight excluding hydrogens is 480 g/mol. The maximum Gasteiger partial charge on any atom is 0.305 e. The standard InChI is InChI=1S/C36H70O3/c1-35(2)31-27-23-19-15-11-7-6-10-14-18-22-26-30-34-39-36(38)32-28-24-20-16-12-8-4-3-5-9-13-17-21-25-29-33-37/h33,35H,3-32,34H2,1-2H3. The fraction of sp³-hybridized carbons (Fsp3) is 0.944. The van der Waals surface area contributed by atoms with Crippen molar-refractivity contribution in [1.29, 1.82) is 0 Å².